The fourth-order valence-corrected chi connectivity index (χ4v) is 5.58. The number of hydrogen-bond donors (Lipinski definition) is 5. The first kappa shape index (κ1) is 54.6. The van der Waals surface area contributed by atoms with Crippen molar-refractivity contribution in [1.82, 2.24) is 0 Å². The lowest BCUT2D eigenvalue weighted by molar-refractivity contribution is -0.161. The largest absolute Gasteiger partial charge is 0.472 e. The lowest BCUT2D eigenvalue weighted by Crippen LogP contribution is -2.30. The van der Waals surface area contributed by atoms with Gasteiger partial charge in [0.05, 0.1) is 31.5 Å². The maximum atomic E-state index is 12.6. The number of nitrogens with two attached hydrogens (primary N) is 1. The highest BCUT2D eigenvalue weighted by Gasteiger charge is 2.26. The molecule has 0 rings (SSSR count). The Hall–Kier alpha value is -3.45. The molecule has 0 aliphatic carbocycles. The van der Waals surface area contributed by atoms with Crippen LogP contribution in [0.5, 0.6) is 0 Å². The molecule has 0 fully saturated rings. The molecule has 328 valence electrons. The third kappa shape index (κ3) is 36.9. The highest BCUT2D eigenvalue weighted by molar-refractivity contribution is 7.47. The summed E-state index contributed by atoms with van der Waals surface area (Å²) in [6, 6.07) is 0. The van der Waals surface area contributed by atoms with Crippen LogP contribution < -0.4 is 5.73 Å². The molecule has 0 aromatic heterocycles. The van der Waals surface area contributed by atoms with Crippen molar-refractivity contribution in [2.75, 3.05) is 26.4 Å². The number of carbonyl (C=O) groups excluding carboxylic acids is 2. The zero-order valence-electron chi connectivity index (χ0n) is 34.8. The van der Waals surface area contributed by atoms with E-state index in [1.165, 1.54) is 6.08 Å². The van der Waals surface area contributed by atoms with E-state index in [1.807, 2.05) is 12.2 Å². The van der Waals surface area contributed by atoms with Gasteiger partial charge in [0.25, 0.3) is 0 Å². The normalized spacial score (nSPS) is 16.1. The molecular formula is C45H72NO11P. The molecule has 5 atom stereocenters. The van der Waals surface area contributed by atoms with Crippen molar-refractivity contribution >= 4 is 19.8 Å². The number of esters is 2. The van der Waals surface area contributed by atoms with Crippen LogP contribution in [0.2, 0.25) is 0 Å². The Bertz CT molecular complexity index is 1370. The third-order valence-corrected chi connectivity index (χ3v) is 8.99. The molecule has 0 spiro atoms. The first-order valence-electron chi connectivity index (χ1n) is 20.7. The van der Waals surface area contributed by atoms with Crippen molar-refractivity contribution in [3.8, 4) is 0 Å². The van der Waals surface area contributed by atoms with E-state index in [2.05, 4.69) is 62.5 Å². The number of allylic oxidation sites excluding steroid dienone is 16. The topological polar surface area (TPSA) is 195 Å². The Morgan fingerprint density at radius 3 is 1.83 bits per heavy atom. The van der Waals surface area contributed by atoms with Crippen molar-refractivity contribution in [3.05, 3.63) is 109 Å². The van der Waals surface area contributed by atoms with Crippen LogP contribution in [-0.4, -0.2) is 82.9 Å². The number of phosphoric ester groups is 1. The molecule has 1 unspecified atom stereocenters. The number of hydrogen-bond acceptors (Lipinski definition) is 11. The number of unbranched alkanes of at least 4 members (excludes halogenated alkanes) is 3. The smallest absolute Gasteiger partial charge is 0.462 e. The Balaban J connectivity index is 4.64. The zero-order valence-corrected chi connectivity index (χ0v) is 35.7. The maximum Gasteiger partial charge on any atom is 0.472 e. The molecule has 0 saturated carbocycles. The van der Waals surface area contributed by atoms with E-state index in [4.69, 9.17) is 24.3 Å². The van der Waals surface area contributed by atoms with Crippen LogP contribution in [0.3, 0.4) is 0 Å². The standard InChI is InChI=1S/C45H72NO11P/c1-3-5-7-8-9-10-11-12-13-14-15-16-17-18-19-24-28-34-44(50)54-38-41(39-56-58(52,53)55-37-36-46)57-45(51)35-29-33-43(49)42(48)32-27-23-21-20-22-26-31-40(47)30-25-6-4-2/h5,7,9-10,12-13,15-16,18-23,26-27,31-32,40-43,47-49H,3-4,6,8,11,14,17,24-25,28-30,33-39,46H2,1-2H3,(H,52,53)/b7-5-,10-9-,13-12-,16-15-,19-18-,22-20-,23-21+,31-26+,32-27+/t40-,41+,42-,43-/m0/s1. The van der Waals surface area contributed by atoms with Crippen molar-refractivity contribution in [1.29, 1.82) is 0 Å². The SMILES string of the molecule is CC/C=C\C/C=C\C/C=C\C/C=C\C/C=C\CCCC(=O)OC[C@H](COP(=O)(O)OCCN)OC(=O)CCC[C@H](O)[C@@H](O)/C=C/C=C/C=C\C=C\[C@@H](O)CCCCC. The number of ether oxygens (including phenoxy) is 2. The fraction of sp³-hybridized carbons (Fsp3) is 0.556. The van der Waals surface area contributed by atoms with E-state index < -0.39 is 57.4 Å². The molecule has 0 aliphatic heterocycles. The highest BCUT2D eigenvalue weighted by atomic mass is 31.2. The number of phosphoric acid groups is 1. The number of carbonyl (C=O) groups is 2. The van der Waals surface area contributed by atoms with E-state index >= 15 is 0 Å². The summed E-state index contributed by atoms with van der Waals surface area (Å²) < 4.78 is 32.4. The van der Waals surface area contributed by atoms with Crippen molar-refractivity contribution in [2.24, 2.45) is 5.73 Å². The van der Waals surface area contributed by atoms with Crippen LogP contribution in [0.25, 0.3) is 0 Å². The predicted octanol–water partition coefficient (Wildman–Crippen LogP) is 8.51. The maximum absolute atomic E-state index is 12.6. The van der Waals surface area contributed by atoms with E-state index in [9.17, 15) is 34.4 Å². The van der Waals surface area contributed by atoms with Gasteiger partial charge in [-0.25, -0.2) is 4.57 Å². The second-order valence-electron chi connectivity index (χ2n) is 13.3. The molecule has 0 aromatic carbocycles. The van der Waals surface area contributed by atoms with Crippen LogP contribution in [0.15, 0.2) is 109 Å². The van der Waals surface area contributed by atoms with Gasteiger partial charge in [0.15, 0.2) is 6.10 Å². The first-order chi connectivity index (χ1) is 28.0. The summed E-state index contributed by atoms with van der Waals surface area (Å²) in [6.07, 6.45) is 40.7. The monoisotopic (exact) mass is 833 g/mol. The van der Waals surface area contributed by atoms with Crippen molar-refractivity contribution < 1.29 is 52.9 Å². The highest BCUT2D eigenvalue weighted by Crippen LogP contribution is 2.43. The minimum atomic E-state index is -4.49. The van der Waals surface area contributed by atoms with Gasteiger partial charge in [0.1, 0.15) is 6.61 Å². The number of aliphatic hydroxyl groups excluding tert-OH is 3. The molecule has 13 heteroatoms. The van der Waals surface area contributed by atoms with Gasteiger partial charge in [-0.2, -0.15) is 0 Å². The molecule has 0 radical (unpaired) electrons. The summed E-state index contributed by atoms with van der Waals surface area (Å²) in [5.41, 5.74) is 5.31. The summed E-state index contributed by atoms with van der Waals surface area (Å²) in [6.45, 7) is 3.00. The van der Waals surface area contributed by atoms with Gasteiger partial charge >= 0.3 is 19.8 Å². The average molecular weight is 834 g/mol. The summed E-state index contributed by atoms with van der Waals surface area (Å²) >= 11 is 0. The lowest BCUT2D eigenvalue weighted by Gasteiger charge is -2.20. The Morgan fingerprint density at radius 1 is 0.655 bits per heavy atom. The van der Waals surface area contributed by atoms with Crippen LogP contribution in [0, 0.1) is 0 Å². The fourth-order valence-electron chi connectivity index (χ4n) is 4.82. The first-order valence-corrected chi connectivity index (χ1v) is 22.2. The summed E-state index contributed by atoms with van der Waals surface area (Å²) in [5, 5.41) is 30.5. The summed E-state index contributed by atoms with van der Waals surface area (Å²) in [5.74, 6) is -1.24. The van der Waals surface area contributed by atoms with Gasteiger partial charge in [-0.15, -0.1) is 0 Å². The third-order valence-electron chi connectivity index (χ3n) is 8.01. The molecule has 58 heavy (non-hydrogen) atoms. The Kier molecular flexibility index (Phi) is 36.7. The summed E-state index contributed by atoms with van der Waals surface area (Å²) in [7, 11) is -4.49. The second kappa shape index (κ2) is 39.0. The average Bonchev–Trinajstić information content (AvgIpc) is 3.20. The number of rotatable bonds is 36. The van der Waals surface area contributed by atoms with Gasteiger partial charge in [0, 0.05) is 19.4 Å². The molecule has 0 amide bonds. The van der Waals surface area contributed by atoms with Gasteiger partial charge < -0.3 is 35.4 Å². The minimum absolute atomic E-state index is 0.0163. The van der Waals surface area contributed by atoms with Gasteiger partial charge in [-0.1, -0.05) is 142 Å². The van der Waals surface area contributed by atoms with Crippen LogP contribution in [0.4, 0.5) is 0 Å². The van der Waals surface area contributed by atoms with Gasteiger partial charge in [-0.3, -0.25) is 18.6 Å². The van der Waals surface area contributed by atoms with E-state index in [0.717, 1.165) is 57.8 Å². The quantitative estimate of drug-likeness (QED) is 0.0133. The van der Waals surface area contributed by atoms with E-state index in [0.29, 0.717) is 12.8 Å². The number of aliphatic hydroxyl groups is 3. The molecule has 0 aromatic rings. The Morgan fingerprint density at radius 2 is 1.22 bits per heavy atom. The lowest BCUT2D eigenvalue weighted by atomic mass is 10.1. The molecule has 0 aliphatic rings. The van der Waals surface area contributed by atoms with Crippen molar-refractivity contribution in [3.63, 3.8) is 0 Å². The molecule has 0 saturated heterocycles. The van der Waals surface area contributed by atoms with E-state index in [-0.39, 0.29) is 38.8 Å². The molecule has 12 nitrogen and oxygen atoms in total. The van der Waals surface area contributed by atoms with Crippen LogP contribution >= 0.6 is 7.82 Å². The van der Waals surface area contributed by atoms with Gasteiger partial charge in [0.2, 0.25) is 0 Å². The molecule has 0 bridgehead atoms. The summed E-state index contributed by atoms with van der Waals surface area (Å²) in [4.78, 5) is 34.9. The zero-order chi connectivity index (χ0) is 43.0. The van der Waals surface area contributed by atoms with Crippen molar-refractivity contribution in [2.45, 2.75) is 135 Å². The van der Waals surface area contributed by atoms with Crippen LogP contribution in [0.1, 0.15) is 110 Å². The Labute approximate surface area is 347 Å². The molecular weight excluding hydrogens is 761 g/mol. The predicted molar refractivity (Wildman–Crippen MR) is 233 cm³/mol. The minimum Gasteiger partial charge on any atom is -0.462 e. The van der Waals surface area contributed by atoms with Gasteiger partial charge in [-0.05, 0) is 64.2 Å². The second-order valence-corrected chi connectivity index (χ2v) is 14.8. The van der Waals surface area contributed by atoms with E-state index in [1.54, 1.807) is 42.5 Å². The molecule has 6 N–H and O–H groups in total. The molecule has 0 heterocycles. The van der Waals surface area contributed by atoms with Crippen LogP contribution in [-0.2, 0) is 32.7 Å².